The van der Waals surface area contributed by atoms with Crippen molar-refractivity contribution in [1.82, 2.24) is 4.90 Å². The highest BCUT2D eigenvalue weighted by atomic mass is 16.5. The van der Waals surface area contributed by atoms with Gasteiger partial charge in [0.15, 0.2) is 0 Å². The van der Waals surface area contributed by atoms with Crippen LogP contribution in [0, 0.1) is 0 Å². The van der Waals surface area contributed by atoms with Crippen LogP contribution in [-0.4, -0.2) is 43.1 Å². The molecular formula is C18H23NO4. The Morgan fingerprint density at radius 2 is 2.00 bits per heavy atom. The Labute approximate surface area is 136 Å². The standard InChI is InChI=1S/C18H23NO4/c1-3-23-15-10-7-14(8-11-15)9-12-17(20)19-13-5-4-6-16(19)18(21)22-2/h7-12,16H,3-6,13H2,1-2H3/b12-9+. The maximum absolute atomic E-state index is 12.4. The Balaban J connectivity index is 2.02. The van der Waals surface area contributed by atoms with E-state index in [0.29, 0.717) is 19.6 Å². The van der Waals surface area contributed by atoms with Gasteiger partial charge in [0.1, 0.15) is 11.8 Å². The van der Waals surface area contributed by atoms with E-state index in [1.807, 2.05) is 31.2 Å². The lowest BCUT2D eigenvalue weighted by Crippen LogP contribution is -2.47. The predicted octanol–water partition coefficient (Wildman–Crippen LogP) is 2.65. The fourth-order valence-electron chi connectivity index (χ4n) is 2.68. The van der Waals surface area contributed by atoms with Crippen LogP contribution in [0.25, 0.3) is 6.08 Å². The summed E-state index contributed by atoms with van der Waals surface area (Å²) in [6.45, 7) is 3.15. The second kappa shape index (κ2) is 8.36. The summed E-state index contributed by atoms with van der Waals surface area (Å²) in [5.41, 5.74) is 0.911. The number of benzene rings is 1. The Bertz CT molecular complexity index is 565. The van der Waals surface area contributed by atoms with Gasteiger partial charge in [-0.15, -0.1) is 0 Å². The number of amides is 1. The molecule has 23 heavy (non-hydrogen) atoms. The van der Waals surface area contributed by atoms with Crippen LogP contribution in [0.15, 0.2) is 30.3 Å². The number of carbonyl (C=O) groups is 2. The quantitative estimate of drug-likeness (QED) is 0.619. The van der Waals surface area contributed by atoms with Crippen molar-refractivity contribution in [2.45, 2.75) is 32.2 Å². The molecule has 1 atom stereocenters. The first-order valence-corrected chi connectivity index (χ1v) is 7.95. The molecule has 1 heterocycles. The van der Waals surface area contributed by atoms with Gasteiger partial charge in [0.25, 0.3) is 0 Å². The largest absolute Gasteiger partial charge is 0.494 e. The molecule has 0 bridgehead atoms. The lowest BCUT2D eigenvalue weighted by molar-refractivity contribution is -0.153. The van der Waals surface area contributed by atoms with Gasteiger partial charge in [0, 0.05) is 12.6 Å². The molecular weight excluding hydrogens is 294 g/mol. The molecule has 0 aromatic heterocycles. The number of nitrogens with zero attached hydrogens (tertiary/aromatic N) is 1. The van der Waals surface area contributed by atoms with Gasteiger partial charge < -0.3 is 14.4 Å². The Kier molecular flexibility index (Phi) is 6.20. The van der Waals surface area contributed by atoms with Crippen molar-refractivity contribution in [1.29, 1.82) is 0 Å². The van der Waals surface area contributed by atoms with Crippen LogP contribution < -0.4 is 4.74 Å². The minimum Gasteiger partial charge on any atom is -0.494 e. The number of hydrogen-bond donors (Lipinski definition) is 0. The van der Waals surface area contributed by atoms with E-state index in [1.165, 1.54) is 13.2 Å². The zero-order valence-electron chi connectivity index (χ0n) is 13.7. The van der Waals surface area contributed by atoms with Gasteiger partial charge in [-0.2, -0.15) is 0 Å². The van der Waals surface area contributed by atoms with Gasteiger partial charge >= 0.3 is 5.97 Å². The highest BCUT2D eigenvalue weighted by molar-refractivity contribution is 5.94. The van der Waals surface area contributed by atoms with E-state index in [9.17, 15) is 9.59 Å². The number of esters is 1. The molecule has 0 N–H and O–H groups in total. The predicted molar refractivity (Wildman–Crippen MR) is 88.0 cm³/mol. The van der Waals surface area contributed by atoms with Crippen molar-refractivity contribution in [3.63, 3.8) is 0 Å². The summed E-state index contributed by atoms with van der Waals surface area (Å²) >= 11 is 0. The third kappa shape index (κ3) is 4.58. The number of rotatable bonds is 5. The zero-order valence-corrected chi connectivity index (χ0v) is 13.7. The molecule has 1 aromatic rings. The smallest absolute Gasteiger partial charge is 0.328 e. The van der Waals surface area contributed by atoms with E-state index < -0.39 is 6.04 Å². The SMILES string of the molecule is CCOc1ccc(/C=C/C(=O)N2CCCCC2C(=O)OC)cc1. The number of ether oxygens (including phenoxy) is 2. The van der Waals surface area contributed by atoms with Gasteiger partial charge in [0.2, 0.25) is 5.91 Å². The van der Waals surface area contributed by atoms with E-state index in [2.05, 4.69) is 0 Å². The Hall–Kier alpha value is -2.30. The van der Waals surface area contributed by atoms with E-state index in [0.717, 1.165) is 24.2 Å². The van der Waals surface area contributed by atoms with Crippen LogP contribution in [0.5, 0.6) is 5.75 Å². The molecule has 124 valence electrons. The third-order valence-electron chi connectivity index (χ3n) is 3.87. The maximum atomic E-state index is 12.4. The Morgan fingerprint density at radius 3 is 2.65 bits per heavy atom. The van der Waals surface area contributed by atoms with E-state index in [1.54, 1.807) is 11.0 Å². The first-order valence-electron chi connectivity index (χ1n) is 7.95. The van der Waals surface area contributed by atoms with Crippen molar-refractivity contribution < 1.29 is 19.1 Å². The molecule has 1 saturated heterocycles. The molecule has 1 fully saturated rings. The van der Waals surface area contributed by atoms with E-state index >= 15 is 0 Å². The summed E-state index contributed by atoms with van der Waals surface area (Å²) in [7, 11) is 1.36. The highest BCUT2D eigenvalue weighted by Gasteiger charge is 2.31. The molecule has 1 unspecified atom stereocenters. The molecule has 0 radical (unpaired) electrons. The van der Waals surface area contributed by atoms with Crippen molar-refractivity contribution in [2.75, 3.05) is 20.3 Å². The minimum atomic E-state index is -0.466. The number of piperidine rings is 1. The number of carbonyl (C=O) groups excluding carboxylic acids is 2. The van der Waals surface area contributed by atoms with Gasteiger partial charge in [-0.3, -0.25) is 4.79 Å². The van der Waals surface area contributed by atoms with Gasteiger partial charge in [0.05, 0.1) is 13.7 Å². The van der Waals surface area contributed by atoms with Crippen LogP contribution in [0.1, 0.15) is 31.7 Å². The third-order valence-corrected chi connectivity index (χ3v) is 3.87. The lowest BCUT2D eigenvalue weighted by Gasteiger charge is -2.32. The van der Waals surface area contributed by atoms with Crippen LogP contribution in [0.2, 0.25) is 0 Å². The summed E-state index contributed by atoms with van der Waals surface area (Å²) < 4.78 is 10.2. The van der Waals surface area contributed by atoms with E-state index in [4.69, 9.17) is 9.47 Å². The van der Waals surface area contributed by atoms with Gasteiger partial charge in [-0.1, -0.05) is 12.1 Å². The van der Waals surface area contributed by atoms with Crippen LogP contribution >= 0.6 is 0 Å². The first kappa shape index (κ1) is 17.1. The summed E-state index contributed by atoms with van der Waals surface area (Å²) in [4.78, 5) is 25.8. The van der Waals surface area contributed by atoms with Crippen LogP contribution in [-0.2, 0) is 14.3 Å². The van der Waals surface area contributed by atoms with Gasteiger partial charge in [-0.25, -0.2) is 4.79 Å². The monoisotopic (exact) mass is 317 g/mol. The fourth-order valence-corrected chi connectivity index (χ4v) is 2.68. The van der Waals surface area contributed by atoms with Crippen LogP contribution in [0.4, 0.5) is 0 Å². The molecule has 5 nitrogen and oxygen atoms in total. The van der Waals surface area contributed by atoms with Crippen molar-refractivity contribution in [2.24, 2.45) is 0 Å². The summed E-state index contributed by atoms with van der Waals surface area (Å²) in [5, 5.41) is 0. The second-order valence-corrected chi connectivity index (χ2v) is 5.40. The lowest BCUT2D eigenvalue weighted by atomic mass is 10.0. The molecule has 0 saturated carbocycles. The zero-order chi connectivity index (χ0) is 16.7. The fraction of sp³-hybridized carbons (Fsp3) is 0.444. The van der Waals surface area contributed by atoms with Crippen molar-refractivity contribution >= 4 is 18.0 Å². The van der Waals surface area contributed by atoms with E-state index in [-0.39, 0.29) is 11.9 Å². The number of methoxy groups -OCH3 is 1. The first-order chi connectivity index (χ1) is 11.2. The second-order valence-electron chi connectivity index (χ2n) is 5.40. The average molecular weight is 317 g/mol. The summed E-state index contributed by atoms with van der Waals surface area (Å²) in [6, 6.07) is 7.05. The maximum Gasteiger partial charge on any atom is 0.328 e. The van der Waals surface area contributed by atoms with Crippen LogP contribution in [0.3, 0.4) is 0 Å². The molecule has 0 spiro atoms. The molecule has 5 heteroatoms. The minimum absolute atomic E-state index is 0.158. The molecule has 1 aromatic carbocycles. The molecule has 0 aliphatic carbocycles. The van der Waals surface area contributed by atoms with Crippen molar-refractivity contribution in [3.8, 4) is 5.75 Å². The average Bonchev–Trinajstić information content (AvgIpc) is 2.60. The highest BCUT2D eigenvalue weighted by Crippen LogP contribution is 2.19. The molecule has 1 amide bonds. The molecule has 1 aliphatic rings. The summed E-state index contributed by atoms with van der Waals surface area (Å²) in [5.74, 6) is 0.305. The Morgan fingerprint density at radius 1 is 1.26 bits per heavy atom. The van der Waals surface area contributed by atoms with Gasteiger partial charge in [-0.05, 0) is 50.0 Å². The normalized spacial score (nSPS) is 18.0. The number of likely N-dealkylation sites (tertiary alicyclic amines) is 1. The molecule has 2 rings (SSSR count). The molecule has 1 aliphatic heterocycles. The topological polar surface area (TPSA) is 55.8 Å². The number of hydrogen-bond acceptors (Lipinski definition) is 4. The van der Waals surface area contributed by atoms with Crippen molar-refractivity contribution in [3.05, 3.63) is 35.9 Å². The summed E-state index contributed by atoms with van der Waals surface area (Å²) in [6.07, 6.45) is 5.77.